The summed E-state index contributed by atoms with van der Waals surface area (Å²) in [5, 5.41) is 0. The van der Waals surface area contributed by atoms with E-state index in [1.54, 1.807) is 0 Å². The first kappa shape index (κ1) is 23.9. The maximum atomic E-state index is 12.0. The summed E-state index contributed by atoms with van der Waals surface area (Å²) in [6, 6.07) is 9.70. The Bertz CT molecular complexity index is 455. The molecule has 0 radical (unpaired) electrons. The average Bonchev–Trinajstić information content (AvgIpc) is 2.68. The van der Waals surface area contributed by atoms with Gasteiger partial charge >= 0.3 is 0 Å². The van der Waals surface area contributed by atoms with Gasteiger partial charge in [0.1, 0.15) is 0 Å². The Kier molecular flexibility index (Phi) is 15.0. The number of carbonyl (C=O) groups excluding carboxylic acids is 1. The number of rotatable bonds is 18. The molecule has 0 aliphatic heterocycles. The van der Waals surface area contributed by atoms with Crippen molar-refractivity contribution in [3.05, 3.63) is 35.9 Å². The van der Waals surface area contributed by atoms with E-state index in [1.165, 1.54) is 90.0 Å². The molecule has 0 heterocycles. The van der Waals surface area contributed by atoms with Crippen molar-refractivity contribution in [2.24, 2.45) is 0 Å². The standard InChI is InChI=1S/C25H43NO/c1-26(2)23-19-14-12-10-8-6-4-3-5-7-9-11-13-18-22-25(27)24-20-16-15-17-21-24/h15-17,20-21H,3-14,18-19,22-23H2,1-2H3. The van der Waals surface area contributed by atoms with Gasteiger partial charge in [-0.15, -0.1) is 0 Å². The van der Waals surface area contributed by atoms with E-state index >= 15 is 0 Å². The number of nitrogens with zero attached hydrogens (tertiary/aromatic N) is 1. The van der Waals surface area contributed by atoms with Crippen molar-refractivity contribution in [1.29, 1.82) is 0 Å². The highest BCUT2D eigenvalue weighted by atomic mass is 16.1. The molecule has 0 aliphatic carbocycles. The Morgan fingerprint density at radius 2 is 1.04 bits per heavy atom. The molecule has 1 aromatic rings. The van der Waals surface area contributed by atoms with E-state index in [1.807, 2.05) is 30.3 Å². The van der Waals surface area contributed by atoms with E-state index in [9.17, 15) is 4.79 Å². The summed E-state index contributed by atoms with van der Waals surface area (Å²) < 4.78 is 0. The highest BCUT2D eigenvalue weighted by Crippen LogP contribution is 2.14. The van der Waals surface area contributed by atoms with Gasteiger partial charge in [0.05, 0.1) is 0 Å². The molecule has 0 unspecified atom stereocenters. The van der Waals surface area contributed by atoms with E-state index in [2.05, 4.69) is 19.0 Å². The predicted molar refractivity (Wildman–Crippen MR) is 119 cm³/mol. The molecule has 2 nitrogen and oxygen atoms in total. The fraction of sp³-hybridized carbons (Fsp3) is 0.720. The summed E-state index contributed by atoms with van der Waals surface area (Å²) in [5.41, 5.74) is 0.867. The van der Waals surface area contributed by atoms with Crippen molar-refractivity contribution in [2.75, 3.05) is 20.6 Å². The minimum absolute atomic E-state index is 0.299. The first-order chi connectivity index (χ1) is 13.2. The van der Waals surface area contributed by atoms with Gasteiger partial charge in [-0.25, -0.2) is 0 Å². The van der Waals surface area contributed by atoms with E-state index in [0.717, 1.165) is 12.0 Å². The number of carbonyl (C=O) groups is 1. The zero-order valence-electron chi connectivity index (χ0n) is 18.1. The van der Waals surface area contributed by atoms with Crippen LogP contribution in [0.1, 0.15) is 107 Å². The first-order valence-corrected chi connectivity index (χ1v) is 11.4. The molecule has 2 heteroatoms. The van der Waals surface area contributed by atoms with Crippen LogP contribution in [0.5, 0.6) is 0 Å². The first-order valence-electron chi connectivity index (χ1n) is 11.4. The predicted octanol–water partition coefficient (Wildman–Crippen LogP) is 7.28. The highest BCUT2D eigenvalue weighted by Gasteiger charge is 2.04. The van der Waals surface area contributed by atoms with Crippen molar-refractivity contribution in [1.82, 2.24) is 4.90 Å². The number of hydrogen-bond donors (Lipinski definition) is 0. The molecule has 27 heavy (non-hydrogen) atoms. The summed E-state index contributed by atoms with van der Waals surface area (Å²) in [6.45, 7) is 1.24. The van der Waals surface area contributed by atoms with Gasteiger partial charge < -0.3 is 4.90 Å². The third kappa shape index (κ3) is 14.6. The SMILES string of the molecule is CN(C)CCCCCCCCCCCCCCCCC(=O)c1ccccc1. The zero-order chi connectivity index (χ0) is 19.6. The molecule has 0 bridgehead atoms. The van der Waals surface area contributed by atoms with E-state index in [4.69, 9.17) is 0 Å². The normalized spacial score (nSPS) is 11.2. The molecule has 154 valence electrons. The number of unbranched alkanes of at least 4 members (excludes halogenated alkanes) is 13. The minimum Gasteiger partial charge on any atom is -0.309 e. The summed E-state index contributed by atoms with van der Waals surface area (Å²) in [7, 11) is 4.32. The molecule has 0 N–H and O–H groups in total. The van der Waals surface area contributed by atoms with Crippen LogP contribution in [0.4, 0.5) is 0 Å². The van der Waals surface area contributed by atoms with E-state index in [-0.39, 0.29) is 0 Å². The lowest BCUT2D eigenvalue weighted by Gasteiger charge is -2.08. The van der Waals surface area contributed by atoms with Gasteiger partial charge in [-0.3, -0.25) is 4.79 Å². The van der Waals surface area contributed by atoms with E-state index in [0.29, 0.717) is 12.2 Å². The van der Waals surface area contributed by atoms with Crippen LogP contribution in [0.15, 0.2) is 30.3 Å². The topological polar surface area (TPSA) is 20.3 Å². The number of hydrogen-bond acceptors (Lipinski definition) is 2. The van der Waals surface area contributed by atoms with Crippen molar-refractivity contribution >= 4 is 5.78 Å². The van der Waals surface area contributed by atoms with Crippen molar-refractivity contribution in [2.45, 2.75) is 96.3 Å². The lowest BCUT2D eigenvalue weighted by Crippen LogP contribution is -2.12. The Morgan fingerprint density at radius 3 is 1.48 bits per heavy atom. The molecular weight excluding hydrogens is 330 g/mol. The van der Waals surface area contributed by atoms with E-state index < -0.39 is 0 Å². The largest absolute Gasteiger partial charge is 0.309 e. The van der Waals surface area contributed by atoms with Gasteiger partial charge in [0, 0.05) is 12.0 Å². The summed E-state index contributed by atoms with van der Waals surface area (Å²) in [4.78, 5) is 14.3. The van der Waals surface area contributed by atoms with Crippen LogP contribution in [0.3, 0.4) is 0 Å². The zero-order valence-corrected chi connectivity index (χ0v) is 18.1. The highest BCUT2D eigenvalue weighted by molar-refractivity contribution is 5.95. The maximum absolute atomic E-state index is 12.0. The van der Waals surface area contributed by atoms with Gasteiger partial charge in [0.2, 0.25) is 0 Å². The Balaban J connectivity index is 1.76. The van der Waals surface area contributed by atoms with Gasteiger partial charge in [-0.1, -0.05) is 107 Å². The molecule has 0 spiro atoms. The molecule has 0 aromatic heterocycles. The van der Waals surface area contributed by atoms with Gasteiger partial charge in [0.25, 0.3) is 0 Å². The van der Waals surface area contributed by atoms with Gasteiger partial charge in [0.15, 0.2) is 5.78 Å². The second-order valence-corrected chi connectivity index (χ2v) is 8.29. The smallest absolute Gasteiger partial charge is 0.162 e. The number of Topliss-reactive ketones (excluding diaryl/α,β-unsaturated/α-hetero) is 1. The number of ketones is 1. The summed E-state index contributed by atoms with van der Waals surface area (Å²) in [5.74, 6) is 0.299. The molecule has 1 rings (SSSR count). The molecule has 0 saturated heterocycles. The van der Waals surface area contributed by atoms with Crippen LogP contribution >= 0.6 is 0 Å². The van der Waals surface area contributed by atoms with Crippen molar-refractivity contribution in [3.8, 4) is 0 Å². The average molecular weight is 374 g/mol. The second-order valence-electron chi connectivity index (χ2n) is 8.29. The van der Waals surface area contributed by atoms with Crippen LogP contribution in [0.2, 0.25) is 0 Å². The second kappa shape index (κ2) is 17.0. The molecule has 0 aliphatic rings. The molecule has 0 fully saturated rings. The van der Waals surface area contributed by atoms with Crippen LogP contribution in [0.25, 0.3) is 0 Å². The lowest BCUT2D eigenvalue weighted by atomic mass is 10.0. The summed E-state index contributed by atoms with van der Waals surface area (Å²) >= 11 is 0. The maximum Gasteiger partial charge on any atom is 0.162 e. The van der Waals surface area contributed by atoms with Crippen LogP contribution < -0.4 is 0 Å². The lowest BCUT2D eigenvalue weighted by molar-refractivity contribution is 0.0979. The van der Waals surface area contributed by atoms with Crippen LogP contribution in [-0.4, -0.2) is 31.3 Å². The number of benzene rings is 1. The Morgan fingerprint density at radius 1 is 0.630 bits per heavy atom. The third-order valence-corrected chi connectivity index (χ3v) is 5.35. The van der Waals surface area contributed by atoms with Crippen LogP contribution in [-0.2, 0) is 0 Å². The fourth-order valence-electron chi connectivity index (χ4n) is 3.60. The Hall–Kier alpha value is -1.15. The monoisotopic (exact) mass is 373 g/mol. The quantitative estimate of drug-likeness (QED) is 0.199. The summed E-state index contributed by atoms with van der Waals surface area (Å²) in [6.07, 6.45) is 19.6. The molecular formula is C25H43NO. The molecule has 1 aromatic carbocycles. The molecule has 0 amide bonds. The Labute approximate surface area is 168 Å². The van der Waals surface area contributed by atoms with Gasteiger partial charge in [-0.2, -0.15) is 0 Å². The fourth-order valence-corrected chi connectivity index (χ4v) is 3.60. The molecule has 0 saturated carbocycles. The van der Waals surface area contributed by atoms with Crippen LogP contribution in [0, 0.1) is 0 Å². The van der Waals surface area contributed by atoms with Crippen molar-refractivity contribution < 1.29 is 4.79 Å². The van der Waals surface area contributed by atoms with Gasteiger partial charge in [-0.05, 0) is 33.5 Å². The molecule has 0 atom stereocenters. The minimum atomic E-state index is 0.299. The third-order valence-electron chi connectivity index (χ3n) is 5.35. The van der Waals surface area contributed by atoms with Crippen molar-refractivity contribution in [3.63, 3.8) is 0 Å².